The predicted molar refractivity (Wildman–Crippen MR) is 74.8 cm³/mol. The van der Waals surface area contributed by atoms with Crippen LogP contribution in [0.15, 0.2) is 0 Å². The van der Waals surface area contributed by atoms with E-state index in [1.54, 1.807) is 13.8 Å². The van der Waals surface area contributed by atoms with Crippen LogP contribution in [0, 0.1) is 0 Å². The van der Waals surface area contributed by atoms with Gasteiger partial charge in [-0.2, -0.15) is 0 Å². The highest BCUT2D eigenvalue weighted by atomic mass is 16.5. The van der Waals surface area contributed by atoms with Crippen molar-refractivity contribution in [1.29, 1.82) is 0 Å². The number of aliphatic hydroxyl groups excluding tert-OH is 2. The van der Waals surface area contributed by atoms with Gasteiger partial charge in [-0.1, -0.05) is 26.7 Å². The van der Waals surface area contributed by atoms with Gasteiger partial charge in [0, 0.05) is 13.2 Å². The maximum Gasteiger partial charge on any atom is 0.0779 e. The molecule has 4 nitrogen and oxygen atoms in total. The quantitative estimate of drug-likeness (QED) is 0.595. The van der Waals surface area contributed by atoms with Crippen molar-refractivity contribution in [1.82, 2.24) is 0 Å². The molecule has 0 heterocycles. The fraction of sp³-hybridized carbons (Fsp3) is 1.00. The molecule has 2 unspecified atom stereocenters. The maximum atomic E-state index is 8.69. The van der Waals surface area contributed by atoms with E-state index in [-0.39, 0.29) is 12.7 Å². The summed E-state index contributed by atoms with van der Waals surface area (Å²) in [6, 6.07) is 0. The summed E-state index contributed by atoms with van der Waals surface area (Å²) in [4.78, 5) is 0. The summed E-state index contributed by atoms with van der Waals surface area (Å²) in [6.07, 6.45) is 4.30. The molecule has 0 aromatic heterocycles. The first-order valence-electron chi connectivity index (χ1n) is 7.06. The van der Waals surface area contributed by atoms with Crippen LogP contribution in [0.25, 0.3) is 0 Å². The van der Waals surface area contributed by atoms with E-state index in [4.69, 9.17) is 19.7 Å². The summed E-state index contributed by atoms with van der Waals surface area (Å²) in [5, 5.41) is 17.1. The fourth-order valence-corrected chi connectivity index (χ4v) is 0.951. The van der Waals surface area contributed by atoms with Crippen LogP contribution in [0.1, 0.15) is 53.4 Å². The third-order valence-corrected chi connectivity index (χ3v) is 2.16. The molecular formula is C14H32O4. The van der Waals surface area contributed by atoms with E-state index >= 15 is 0 Å². The van der Waals surface area contributed by atoms with E-state index in [2.05, 4.69) is 13.8 Å². The number of aliphatic hydroxyl groups is 2. The minimum Gasteiger partial charge on any atom is -0.394 e. The Morgan fingerprint density at radius 1 is 1.00 bits per heavy atom. The lowest BCUT2D eigenvalue weighted by molar-refractivity contribution is -0.0177. The monoisotopic (exact) mass is 264 g/mol. The lowest BCUT2D eigenvalue weighted by Crippen LogP contribution is -2.19. The molecule has 0 saturated carbocycles. The first kappa shape index (κ1) is 20.2. The highest BCUT2D eigenvalue weighted by Gasteiger charge is 2.00. The minimum absolute atomic E-state index is 0.00667. The Morgan fingerprint density at radius 3 is 1.83 bits per heavy atom. The van der Waals surface area contributed by atoms with Crippen LogP contribution < -0.4 is 0 Å². The Hall–Kier alpha value is -0.160. The molecule has 0 aliphatic heterocycles. The standard InChI is InChI=1S/C8H18O.C6H14O3/c1-3-5-7-9-8-6-4-2;1-5(8)4-9-6(2)3-7/h3-8H2,1-2H3;5-8H,3-4H2,1-2H3. The molecular weight excluding hydrogens is 232 g/mol. The molecule has 0 bridgehead atoms. The highest BCUT2D eigenvalue weighted by molar-refractivity contribution is 4.47. The van der Waals surface area contributed by atoms with Crippen molar-refractivity contribution in [2.75, 3.05) is 26.4 Å². The van der Waals surface area contributed by atoms with E-state index in [0.717, 1.165) is 13.2 Å². The zero-order chi connectivity index (χ0) is 14.2. The van der Waals surface area contributed by atoms with Gasteiger partial charge in [-0.3, -0.25) is 0 Å². The van der Waals surface area contributed by atoms with Gasteiger partial charge in [0.1, 0.15) is 0 Å². The van der Waals surface area contributed by atoms with Crippen molar-refractivity contribution < 1.29 is 19.7 Å². The Bertz CT molecular complexity index is 134. The molecule has 2 N–H and O–H groups in total. The van der Waals surface area contributed by atoms with Gasteiger partial charge < -0.3 is 19.7 Å². The topological polar surface area (TPSA) is 58.9 Å². The van der Waals surface area contributed by atoms with Gasteiger partial charge in [0.05, 0.1) is 25.4 Å². The largest absolute Gasteiger partial charge is 0.394 e. The number of ether oxygens (including phenoxy) is 2. The molecule has 0 aromatic rings. The normalized spacial score (nSPS) is 13.7. The van der Waals surface area contributed by atoms with Crippen LogP contribution >= 0.6 is 0 Å². The van der Waals surface area contributed by atoms with Crippen molar-refractivity contribution >= 4 is 0 Å². The van der Waals surface area contributed by atoms with Crippen LogP contribution in [0.3, 0.4) is 0 Å². The van der Waals surface area contributed by atoms with Crippen LogP contribution in [0.5, 0.6) is 0 Å². The highest BCUT2D eigenvalue weighted by Crippen LogP contribution is 1.91. The number of unbranched alkanes of at least 4 members (excludes halogenated alkanes) is 2. The molecule has 0 aliphatic carbocycles. The van der Waals surface area contributed by atoms with E-state index in [0.29, 0.717) is 6.61 Å². The Kier molecular flexibility index (Phi) is 18.9. The van der Waals surface area contributed by atoms with Crippen molar-refractivity contribution in [3.63, 3.8) is 0 Å². The Labute approximate surface area is 112 Å². The van der Waals surface area contributed by atoms with Crippen LogP contribution in [0.2, 0.25) is 0 Å². The molecule has 2 atom stereocenters. The van der Waals surface area contributed by atoms with Crippen LogP contribution in [0.4, 0.5) is 0 Å². The molecule has 0 rings (SSSR count). The summed E-state index contributed by atoms with van der Waals surface area (Å²) in [5.41, 5.74) is 0. The van der Waals surface area contributed by atoms with Crippen LogP contribution in [-0.2, 0) is 9.47 Å². The van der Waals surface area contributed by atoms with Gasteiger partial charge in [-0.15, -0.1) is 0 Å². The summed E-state index contributed by atoms with van der Waals surface area (Å²) in [5.74, 6) is 0. The molecule has 0 amide bonds. The smallest absolute Gasteiger partial charge is 0.0779 e. The Balaban J connectivity index is 0. The van der Waals surface area contributed by atoms with Gasteiger partial charge in [0.25, 0.3) is 0 Å². The SMILES string of the molecule is CC(O)COC(C)CO.CCCCOCCCC. The second-order valence-corrected chi connectivity index (χ2v) is 4.50. The number of rotatable bonds is 10. The zero-order valence-corrected chi connectivity index (χ0v) is 12.5. The lowest BCUT2D eigenvalue weighted by atomic mass is 10.3. The molecule has 0 aromatic carbocycles. The first-order valence-corrected chi connectivity index (χ1v) is 7.06. The predicted octanol–water partition coefficient (Wildman–Crippen LogP) is 2.37. The molecule has 18 heavy (non-hydrogen) atoms. The fourth-order valence-electron chi connectivity index (χ4n) is 0.951. The van der Waals surface area contributed by atoms with Crippen LogP contribution in [-0.4, -0.2) is 48.8 Å². The summed E-state index contributed by atoms with van der Waals surface area (Å²) in [6.45, 7) is 9.97. The van der Waals surface area contributed by atoms with Crippen molar-refractivity contribution in [3.05, 3.63) is 0 Å². The molecule has 0 spiro atoms. The second-order valence-electron chi connectivity index (χ2n) is 4.50. The van der Waals surface area contributed by atoms with Crippen molar-refractivity contribution in [2.45, 2.75) is 65.6 Å². The van der Waals surface area contributed by atoms with Gasteiger partial charge >= 0.3 is 0 Å². The molecule has 4 heteroatoms. The first-order chi connectivity index (χ1) is 8.58. The average molecular weight is 264 g/mol. The second kappa shape index (κ2) is 16.8. The molecule has 0 aliphatic rings. The zero-order valence-electron chi connectivity index (χ0n) is 12.5. The van der Waals surface area contributed by atoms with E-state index in [1.165, 1.54) is 25.7 Å². The molecule has 112 valence electrons. The number of hydrogen-bond acceptors (Lipinski definition) is 4. The summed E-state index contributed by atoms with van der Waals surface area (Å²) >= 11 is 0. The maximum absolute atomic E-state index is 8.69. The van der Waals surface area contributed by atoms with Gasteiger partial charge in [-0.25, -0.2) is 0 Å². The average Bonchev–Trinajstić information content (AvgIpc) is 2.36. The van der Waals surface area contributed by atoms with E-state index in [1.807, 2.05) is 0 Å². The van der Waals surface area contributed by atoms with Gasteiger partial charge in [-0.05, 0) is 26.7 Å². The lowest BCUT2D eigenvalue weighted by Gasteiger charge is -2.10. The van der Waals surface area contributed by atoms with Gasteiger partial charge in [0.15, 0.2) is 0 Å². The summed E-state index contributed by atoms with van der Waals surface area (Å²) in [7, 11) is 0. The van der Waals surface area contributed by atoms with Gasteiger partial charge in [0.2, 0.25) is 0 Å². The Morgan fingerprint density at radius 2 is 1.50 bits per heavy atom. The van der Waals surface area contributed by atoms with E-state index in [9.17, 15) is 0 Å². The molecule has 0 saturated heterocycles. The molecule has 0 fully saturated rings. The summed E-state index contributed by atoms with van der Waals surface area (Å²) < 4.78 is 10.3. The minimum atomic E-state index is -0.445. The van der Waals surface area contributed by atoms with E-state index < -0.39 is 6.10 Å². The third-order valence-electron chi connectivity index (χ3n) is 2.16. The molecule has 0 radical (unpaired) electrons. The number of hydrogen-bond donors (Lipinski definition) is 2. The third kappa shape index (κ3) is 21.2. The van der Waals surface area contributed by atoms with Crippen molar-refractivity contribution in [3.8, 4) is 0 Å². The van der Waals surface area contributed by atoms with Crippen molar-refractivity contribution in [2.24, 2.45) is 0 Å².